The number of rotatable bonds is 4. The highest BCUT2D eigenvalue weighted by atomic mass is 16.6. The fraction of sp³-hybridized carbons (Fsp3) is 0.417. The highest BCUT2D eigenvalue weighted by molar-refractivity contribution is 5.72. The lowest BCUT2D eigenvalue weighted by molar-refractivity contribution is 0.199. The van der Waals surface area contributed by atoms with Gasteiger partial charge in [-0.3, -0.25) is 0 Å². The van der Waals surface area contributed by atoms with Crippen LogP contribution >= 0.6 is 0 Å². The van der Waals surface area contributed by atoms with E-state index in [0.717, 1.165) is 18.0 Å². The summed E-state index contributed by atoms with van der Waals surface area (Å²) in [6.45, 7) is 1.78. The van der Waals surface area contributed by atoms with E-state index in [9.17, 15) is 4.79 Å². The summed E-state index contributed by atoms with van der Waals surface area (Å²) in [5.41, 5.74) is 0.841. The summed E-state index contributed by atoms with van der Waals surface area (Å²) < 4.78 is 10.4. The Labute approximate surface area is 106 Å². The van der Waals surface area contributed by atoms with Crippen molar-refractivity contribution in [1.29, 1.82) is 0 Å². The van der Waals surface area contributed by atoms with Crippen LogP contribution in [0.15, 0.2) is 18.2 Å². The lowest BCUT2D eigenvalue weighted by atomic mass is 10.3. The van der Waals surface area contributed by atoms with Gasteiger partial charge in [-0.05, 0) is 26.2 Å². The second-order valence-electron chi connectivity index (χ2n) is 4.24. The summed E-state index contributed by atoms with van der Waals surface area (Å²) in [6.07, 6.45) is -0.448. The predicted molar refractivity (Wildman–Crippen MR) is 68.1 cm³/mol. The Kier molecular flexibility index (Phi) is 3.88. The molecule has 1 aliphatic heterocycles. The molecule has 0 radical (unpaired) electrons. The van der Waals surface area contributed by atoms with Crippen molar-refractivity contribution in [3.8, 4) is 11.5 Å². The summed E-state index contributed by atoms with van der Waals surface area (Å²) in [7, 11) is 3.89. The number of fused-ring (bicyclic) bond motifs is 1. The van der Waals surface area contributed by atoms with Crippen molar-refractivity contribution in [2.75, 3.05) is 39.2 Å². The van der Waals surface area contributed by atoms with Crippen LogP contribution in [0, 0.1) is 0 Å². The Bertz CT molecular complexity index is 435. The SMILES string of the molecule is CN(C)CCNC(=O)Oc1ccc2c(c1)NCO2. The topological polar surface area (TPSA) is 62.8 Å². The molecule has 1 aromatic rings. The lowest BCUT2D eigenvalue weighted by Crippen LogP contribution is -2.33. The Morgan fingerprint density at radius 1 is 1.56 bits per heavy atom. The van der Waals surface area contributed by atoms with E-state index in [1.54, 1.807) is 18.2 Å². The molecule has 18 heavy (non-hydrogen) atoms. The van der Waals surface area contributed by atoms with Gasteiger partial charge >= 0.3 is 6.09 Å². The molecule has 0 aromatic heterocycles. The summed E-state index contributed by atoms with van der Waals surface area (Å²) >= 11 is 0. The first-order chi connectivity index (χ1) is 8.65. The molecule has 0 atom stereocenters. The highest BCUT2D eigenvalue weighted by Gasteiger charge is 2.13. The third-order valence-corrected chi connectivity index (χ3v) is 2.48. The van der Waals surface area contributed by atoms with E-state index in [0.29, 0.717) is 19.0 Å². The molecule has 0 spiro atoms. The first-order valence-electron chi connectivity index (χ1n) is 5.76. The van der Waals surface area contributed by atoms with Crippen LogP contribution in [0.5, 0.6) is 11.5 Å². The standard InChI is InChI=1S/C12H17N3O3/c1-15(2)6-5-13-12(16)18-9-3-4-11-10(7-9)14-8-17-11/h3-4,7,14H,5-6,8H2,1-2H3,(H,13,16). The number of carbonyl (C=O) groups is 1. The molecule has 2 N–H and O–H groups in total. The number of ether oxygens (including phenoxy) is 2. The number of amides is 1. The molecule has 0 bridgehead atoms. The number of likely N-dealkylation sites (N-methyl/N-ethyl adjacent to an activating group) is 1. The fourth-order valence-electron chi connectivity index (χ4n) is 1.55. The molecule has 0 saturated heterocycles. The van der Waals surface area contributed by atoms with Crippen LogP contribution < -0.4 is 20.1 Å². The molecular formula is C12H17N3O3. The molecule has 1 aliphatic rings. The molecular weight excluding hydrogens is 234 g/mol. The monoisotopic (exact) mass is 251 g/mol. The molecule has 0 saturated carbocycles. The first-order valence-corrected chi connectivity index (χ1v) is 5.76. The summed E-state index contributed by atoms with van der Waals surface area (Å²) in [6, 6.07) is 5.23. The summed E-state index contributed by atoms with van der Waals surface area (Å²) in [5, 5.41) is 5.71. The highest BCUT2D eigenvalue weighted by Crippen LogP contribution is 2.32. The van der Waals surface area contributed by atoms with Gasteiger partial charge in [0.1, 0.15) is 11.5 Å². The summed E-state index contributed by atoms with van der Waals surface area (Å²) in [5.74, 6) is 1.27. The minimum absolute atomic E-state index is 0.448. The molecule has 98 valence electrons. The van der Waals surface area contributed by atoms with Crippen molar-refractivity contribution in [3.05, 3.63) is 18.2 Å². The minimum Gasteiger partial charge on any atom is -0.471 e. The molecule has 0 aliphatic carbocycles. The third-order valence-electron chi connectivity index (χ3n) is 2.48. The van der Waals surface area contributed by atoms with E-state index in [-0.39, 0.29) is 0 Å². The van der Waals surface area contributed by atoms with Crippen LogP contribution in [0.2, 0.25) is 0 Å². The van der Waals surface area contributed by atoms with E-state index in [2.05, 4.69) is 10.6 Å². The molecule has 1 amide bonds. The molecule has 6 nitrogen and oxygen atoms in total. The molecule has 2 rings (SSSR count). The van der Waals surface area contributed by atoms with Gasteiger partial charge in [0.25, 0.3) is 0 Å². The van der Waals surface area contributed by atoms with Crippen LogP contribution in [0.25, 0.3) is 0 Å². The zero-order valence-corrected chi connectivity index (χ0v) is 10.5. The van der Waals surface area contributed by atoms with Crippen molar-refractivity contribution in [3.63, 3.8) is 0 Å². The Morgan fingerprint density at radius 3 is 3.17 bits per heavy atom. The van der Waals surface area contributed by atoms with Gasteiger partial charge < -0.3 is 25.0 Å². The van der Waals surface area contributed by atoms with Gasteiger partial charge in [-0.1, -0.05) is 0 Å². The number of anilines is 1. The third kappa shape index (κ3) is 3.27. The fourth-order valence-corrected chi connectivity index (χ4v) is 1.55. The van der Waals surface area contributed by atoms with Crippen molar-refractivity contribution < 1.29 is 14.3 Å². The normalized spacial score (nSPS) is 12.6. The quantitative estimate of drug-likeness (QED) is 0.839. The van der Waals surface area contributed by atoms with Gasteiger partial charge in [-0.2, -0.15) is 0 Å². The number of carbonyl (C=O) groups excluding carboxylic acids is 1. The average molecular weight is 251 g/mol. The number of benzene rings is 1. The first kappa shape index (κ1) is 12.5. The van der Waals surface area contributed by atoms with E-state index < -0.39 is 6.09 Å². The maximum Gasteiger partial charge on any atom is 0.412 e. The van der Waals surface area contributed by atoms with Gasteiger partial charge in [0.15, 0.2) is 6.73 Å². The molecule has 6 heteroatoms. The number of nitrogens with one attached hydrogen (secondary N) is 2. The van der Waals surface area contributed by atoms with Crippen molar-refractivity contribution >= 4 is 11.8 Å². The van der Waals surface area contributed by atoms with Crippen molar-refractivity contribution in [2.24, 2.45) is 0 Å². The van der Waals surface area contributed by atoms with Crippen molar-refractivity contribution in [2.45, 2.75) is 0 Å². The maximum absolute atomic E-state index is 11.5. The predicted octanol–water partition coefficient (Wildman–Crippen LogP) is 1.10. The van der Waals surface area contributed by atoms with Crippen LogP contribution in [0.1, 0.15) is 0 Å². The van der Waals surface area contributed by atoms with Crippen molar-refractivity contribution in [1.82, 2.24) is 10.2 Å². The Hall–Kier alpha value is -1.95. The number of nitrogens with zero attached hydrogens (tertiary/aromatic N) is 1. The van der Waals surface area contributed by atoms with Crippen LogP contribution in [-0.2, 0) is 0 Å². The second kappa shape index (κ2) is 5.59. The van der Waals surface area contributed by atoms with Gasteiger partial charge in [-0.15, -0.1) is 0 Å². The zero-order valence-electron chi connectivity index (χ0n) is 10.5. The molecule has 0 unspecified atom stereocenters. The molecule has 0 fully saturated rings. The van der Waals surface area contributed by atoms with Gasteiger partial charge in [-0.25, -0.2) is 4.79 Å². The van der Waals surface area contributed by atoms with Gasteiger partial charge in [0, 0.05) is 19.2 Å². The van der Waals surface area contributed by atoms with Gasteiger partial charge in [0.2, 0.25) is 0 Å². The largest absolute Gasteiger partial charge is 0.471 e. The Balaban J connectivity index is 1.84. The smallest absolute Gasteiger partial charge is 0.412 e. The number of hydrogen-bond donors (Lipinski definition) is 2. The van der Waals surface area contributed by atoms with Gasteiger partial charge in [0.05, 0.1) is 5.69 Å². The van der Waals surface area contributed by atoms with Crippen LogP contribution in [-0.4, -0.2) is 44.9 Å². The zero-order chi connectivity index (χ0) is 13.0. The summed E-state index contributed by atoms with van der Waals surface area (Å²) in [4.78, 5) is 13.5. The van der Waals surface area contributed by atoms with E-state index in [1.165, 1.54) is 0 Å². The van der Waals surface area contributed by atoms with Crippen LogP contribution in [0.3, 0.4) is 0 Å². The number of hydrogen-bond acceptors (Lipinski definition) is 5. The van der Waals surface area contributed by atoms with Crippen LogP contribution in [0.4, 0.5) is 10.5 Å². The molecule has 1 heterocycles. The molecule has 1 aromatic carbocycles. The van der Waals surface area contributed by atoms with E-state index >= 15 is 0 Å². The second-order valence-corrected chi connectivity index (χ2v) is 4.24. The average Bonchev–Trinajstić information content (AvgIpc) is 2.75. The maximum atomic E-state index is 11.5. The lowest BCUT2D eigenvalue weighted by Gasteiger charge is -2.10. The minimum atomic E-state index is -0.448. The van der Waals surface area contributed by atoms with E-state index in [4.69, 9.17) is 9.47 Å². The van der Waals surface area contributed by atoms with E-state index in [1.807, 2.05) is 19.0 Å². The Morgan fingerprint density at radius 2 is 2.39 bits per heavy atom.